The van der Waals surface area contributed by atoms with E-state index in [1.807, 2.05) is 12.1 Å². The Bertz CT molecular complexity index is 616. The standard InChI is InChI=1S/C16H17BrClNO2/c1-10(11-3-5-13(17)6-4-11)19-9-12-7-14(18)8-15(21-2)16(12)20/h3-8,10,19-20H,9H2,1-2H3/t10-/m1/s1. The molecule has 0 amide bonds. The summed E-state index contributed by atoms with van der Waals surface area (Å²) in [6, 6.07) is 11.6. The second-order valence-corrected chi connectivity index (χ2v) is 6.12. The maximum atomic E-state index is 10.1. The van der Waals surface area contributed by atoms with Gasteiger partial charge in [0.15, 0.2) is 11.5 Å². The molecule has 2 aromatic carbocycles. The average Bonchev–Trinajstić information content (AvgIpc) is 2.48. The van der Waals surface area contributed by atoms with Gasteiger partial charge in [-0.25, -0.2) is 0 Å². The number of hydrogen-bond donors (Lipinski definition) is 2. The van der Waals surface area contributed by atoms with Gasteiger partial charge in [-0.1, -0.05) is 39.7 Å². The number of hydrogen-bond acceptors (Lipinski definition) is 3. The molecule has 0 saturated heterocycles. The highest BCUT2D eigenvalue weighted by Crippen LogP contribution is 2.33. The lowest BCUT2D eigenvalue weighted by Gasteiger charge is -2.16. The minimum atomic E-state index is 0.123. The van der Waals surface area contributed by atoms with Gasteiger partial charge in [-0.15, -0.1) is 0 Å². The van der Waals surface area contributed by atoms with Crippen LogP contribution in [0.15, 0.2) is 40.9 Å². The molecule has 0 aliphatic carbocycles. The summed E-state index contributed by atoms with van der Waals surface area (Å²) < 4.78 is 6.16. The SMILES string of the molecule is COc1cc(Cl)cc(CN[C@H](C)c2ccc(Br)cc2)c1O. The van der Waals surface area contributed by atoms with E-state index in [-0.39, 0.29) is 11.8 Å². The van der Waals surface area contributed by atoms with Crippen LogP contribution >= 0.6 is 27.5 Å². The van der Waals surface area contributed by atoms with Crippen molar-refractivity contribution in [2.75, 3.05) is 7.11 Å². The zero-order valence-electron chi connectivity index (χ0n) is 11.9. The molecule has 0 radical (unpaired) electrons. The Labute approximate surface area is 138 Å². The molecule has 0 fully saturated rings. The fraction of sp³-hybridized carbons (Fsp3) is 0.250. The average molecular weight is 371 g/mol. The smallest absolute Gasteiger partial charge is 0.162 e. The lowest BCUT2D eigenvalue weighted by Crippen LogP contribution is -2.18. The van der Waals surface area contributed by atoms with Gasteiger partial charge in [-0.3, -0.25) is 0 Å². The molecule has 112 valence electrons. The van der Waals surface area contributed by atoms with Crippen molar-refractivity contribution >= 4 is 27.5 Å². The number of rotatable bonds is 5. The number of halogens is 2. The molecule has 0 aromatic heterocycles. The quantitative estimate of drug-likeness (QED) is 0.804. The largest absolute Gasteiger partial charge is 0.504 e. The van der Waals surface area contributed by atoms with Gasteiger partial charge < -0.3 is 15.2 Å². The zero-order chi connectivity index (χ0) is 15.4. The van der Waals surface area contributed by atoms with Crippen LogP contribution in [0.3, 0.4) is 0 Å². The molecule has 0 bridgehead atoms. The van der Waals surface area contributed by atoms with Gasteiger partial charge in [-0.05, 0) is 30.7 Å². The molecule has 0 heterocycles. The summed E-state index contributed by atoms with van der Waals surface area (Å²) in [5, 5.41) is 14.0. The summed E-state index contributed by atoms with van der Waals surface area (Å²) in [4.78, 5) is 0. The second kappa shape index (κ2) is 7.16. The van der Waals surface area contributed by atoms with Crippen LogP contribution in [0.5, 0.6) is 11.5 Å². The molecule has 0 aliphatic rings. The first-order chi connectivity index (χ1) is 10.0. The summed E-state index contributed by atoms with van der Waals surface area (Å²) in [5.74, 6) is 0.507. The molecule has 0 spiro atoms. The predicted octanol–water partition coefficient (Wildman–Crippen LogP) is 4.67. The van der Waals surface area contributed by atoms with E-state index in [0.29, 0.717) is 22.9 Å². The molecule has 0 unspecified atom stereocenters. The van der Waals surface area contributed by atoms with Gasteiger partial charge in [0.05, 0.1) is 7.11 Å². The van der Waals surface area contributed by atoms with Crippen LogP contribution in [0.4, 0.5) is 0 Å². The molecular formula is C16H17BrClNO2. The van der Waals surface area contributed by atoms with E-state index >= 15 is 0 Å². The molecule has 0 aliphatic heterocycles. The van der Waals surface area contributed by atoms with Crippen LogP contribution in [0.2, 0.25) is 5.02 Å². The number of nitrogens with one attached hydrogen (secondary N) is 1. The van der Waals surface area contributed by atoms with Crippen LogP contribution in [0.1, 0.15) is 24.1 Å². The highest BCUT2D eigenvalue weighted by molar-refractivity contribution is 9.10. The highest BCUT2D eigenvalue weighted by atomic mass is 79.9. The highest BCUT2D eigenvalue weighted by Gasteiger charge is 2.11. The van der Waals surface area contributed by atoms with Crippen LogP contribution in [-0.2, 0) is 6.54 Å². The third-order valence-corrected chi connectivity index (χ3v) is 4.05. The lowest BCUT2D eigenvalue weighted by atomic mass is 10.1. The molecule has 3 nitrogen and oxygen atoms in total. The molecule has 0 saturated carbocycles. The second-order valence-electron chi connectivity index (χ2n) is 4.77. The van der Waals surface area contributed by atoms with Crippen molar-refractivity contribution < 1.29 is 9.84 Å². The molecule has 1 atom stereocenters. The van der Waals surface area contributed by atoms with Crippen LogP contribution in [0.25, 0.3) is 0 Å². The third kappa shape index (κ3) is 4.13. The fourth-order valence-corrected chi connectivity index (χ4v) is 2.55. The van der Waals surface area contributed by atoms with Crippen molar-refractivity contribution in [3.8, 4) is 11.5 Å². The van der Waals surface area contributed by atoms with Crippen LogP contribution in [0, 0.1) is 0 Å². The van der Waals surface area contributed by atoms with E-state index < -0.39 is 0 Å². The minimum Gasteiger partial charge on any atom is -0.504 e. The first kappa shape index (κ1) is 16.1. The monoisotopic (exact) mass is 369 g/mol. The Hall–Kier alpha value is -1.23. The Kier molecular flexibility index (Phi) is 5.51. The van der Waals surface area contributed by atoms with Crippen molar-refractivity contribution in [3.05, 3.63) is 57.0 Å². The Morgan fingerprint density at radius 3 is 2.57 bits per heavy atom. The number of phenols is 1. The maximum Gasteiger partial charge on any atom is 0.162 e. The molecular weight excluding hydrogens is 354 g/mol. The minimum absolute atomic E-state index is 0.123. The lowest BCUT2D eigenvalue weighted by molar-refractivity contribution is 0.369. The van der Waals surface area contributed by atoms with Gasteiger partial charge in [0.1, 0.15) is 0 Å². The number of ether oxygens (including phenoxy) is 1. The number of methoxy groups -OCH3 is 1. The number of aromatic hydroxyl groups is 1. The predicted molar refractivity (Wildman–Crippen MR) is 89.1 cm³/mol. The summed E-state index contributed by atoms with van der Waals surface area (Å²) in [7, 11) is 1.51. The van der Waals surface area contributed by atoms with Gasteiger partial charge in [-0.2, -0.15) is 0 Å². The topological polar surface area (TPSA) is 41.5 Å². The molecule has 21 heavy (non-hydrogen) atoms. The van der Waals surface area contributed by atoms with Crippen molar-refractivity contribution in [2.24, 2.45) is 0 Å². The third-order valence-electron chi connectivity index (χ3n) is 3.31. The zero-order valence-corrected chi connectivity index (χ0v) is 14.2. The van der Waals surface area contributed by atoms with Crippen molar-refractivity contribution in [3.63, 3.8) is 0 Å². The van der Waals surface area contributed by atoms with Gasteiger partial charge in [0.25, 0.3) is 0 Å². The summed E-state index contributed by atoms with van der Waals surface area (Å²) in [5.41, 5.74) is 1.88. The number of phenolic OH excluding ortho intramolecular Hbond substituents is 1. The normalized spacial score (nSPS) is 12.2. The van der Waals surface area contributed by atoms with Gasteiger partial charge in [0.2, 0.25) is 0 Å². The molecule has 5 heteroatoms. The first-order valence-corrected chi connectivity index (χ1v) is 7.72. The Morgan fingerprint density at radius 2 is 1.95 bits per heavy atom. The van der Waals surface area contributed by atoms with Crippen LogP contribution < -0.4 is 10.1 Å². The van der Waals surface area contributed by atoms with E-state index in [1.54, 1.807) is 12.1 Å². The fourth-order valence-electron chi connectivity index (χ4n) is 2.05. The molecule has 2 N–H and O–H groups in total. The Balaban J connectivity index is 2.09. The number of benzene rings is 2. The van der Waals surface area contributed by atoms with Crippen molar-refractivity contribution in [1.29, 1.82) is 0 Å². The summed E-state index contributed by atoms with van der Waals surface area (Å²) in [6.07, 6.45) is 0. The van der Waals surface area contributed by atoms with E-state index in [2.05, 4.69) is 40.3 Å². The van der Waals surface area contributed by atoms with Gasteiger partial charge >= 0.3 is 0 Å². The van der Waals surface area contributed by atoms with E-state index in [1.165, 1.54) is 12.7 Å². The summed E-state index contributed by atoms with van der Waals surface area (Å²) in [6.45, 7) is 2.57. The van der Waals surface area contributed by atoms with Gasteiger partial charge in [0, 0.05) is 33.7 Å². The Morgan fingerprint density at radius 1 is 1.29 bits per heavy atom. The van der Waals surface area contributed by atoms with Crippen molar-refractivity contribution in [1.82, 2.24) is 5.32 Å². The molecule has 2 aromatic rings. The van der Waals surface area contributed by atoms with E-state index in [9.17, 15) is 5.11 Å². The maximum absolute atomic E-state index is 10.1. The molecule has 2 rings (SSSR count). The summed E-state index contributed by atoms with van der Waals surface area (Å²) >= 11 is 9.45. The van der Waals surface area contributed by atoms with E-state index in [0.717, 1.165) is 4.47 Å². The van der Waals surface area contributed by atoms with E-state index in [4.69, 9.17) is 16.3 Å². The van der Waals surface area contributed by atoms with Crippen molar-refractivity contribution in [2.45, 2.75) is 19.5 Å². The first-order valence-electron chi connectivity index (χ1n) is 6.55. The van der Waals surface area contributed by atoms with Crippen LogP contribution in [-0.4, -0.2) is 12.2 Å².